The van der Waals surface area contributed by atoms with Crippen molar-refractivity contribution in [3.63, 3.8) is 0 Å². The molecule has 0 bridgehead atoms. The first-order valence-electron chi connectivity index (χ1n) is 9.06. The van der Waals surface area contributed by atoms with Gasteiger partial charge in [-0.05, 0) is 37.1 Å². The Labute approximate surface area is 156 Å². The number of likely N-dealkylation sites (tertiary alicyclic amines) is 1. The van der Waals surface area contributed by atoms with Crippen molar-refractivity contribution in [2.75, 3.05) is 13.1 Å². The molecule has 1 aliphatic rings. The molecule has 2 aromatic heterocycles. The number of hydrogen-bond donors (Lipinski definition) is 0. The number of hydrogen-bond acceptors (Lipinski definition) is 4. The summed E-state index contributed by atoms with van der Waals surface area (Å²) >= 11 is 0. The molecule has 3 aromatic rings. The smallest absolute Gasteiger partial charge is 0.339 e. The number of rotatable bonds is 3. The van der Waals surface area contributed by atoms with Crippen LogP contribution in [0.4, 0.5) is 0 Å². The fourth-order valence-electron chi connectivity index (χ4n) is 3.59. The molecular formula is C20H21N5O2. The van der Waals surface area contributed by atoms with Gasteiger partial charge < -0.3 is 4.90 Å². The molecule has 0 aliphatic carbocycles. The van der Waals surface area contributed by atoms with E-state index in [0.717, 1.165) is 24.4 Å². The van der Waals surface area contributed by atoms with Crippen LogP contribution in [0, 0.1) is 0 Å². The van der Waals surface area contributed by atoms with Crippen molar-refractivity contribution in [2.45, 2.75) is 18.8 Å². The van der Waals surface area contributed by atoms with Crippen LogP contribution in [0.3, 0.4) is 0 Å². The van der Waals surface area contributed by atoms with Gasteiger partial charge in [0.05, 0.1) is 5.69 Å². The predicted molar refractivity (Wildman–Crippen MR) is 101 cm³/mol. The van der Waals surface area contributed by atoms with Gasteiger partial charge in [-0.2, -0.15) is 5.10 Å². The van der Waals surface area contributed by atoms with E-state index < -0.39 is 0 Å². The summed E-state index contributed by atoms with van der Waals surface area (Å²) in [6, 6.07) is 13.0. The summed E-state index contributed by atoms with van der Waals surface area (Å²) in [5.74, 6) is 0.933. The van der Waals surface area contributed by atoms with Crippen LogP contribution in [0.5, 0.6) is 0 Å². The maximum Gasteiger partial charge on any atom is 0.350 e. The molecule has 7 heteroatoms. The highest BCUT2D eigenvalue weighted by Crippen LogP contribution is 2.28. The van der Waals surface area contributed by atoms with Crippen LogP contribution in [-0.4, -0.2) is 43.2 Å². The molecule has 0 unspecified atom stereocenters. The Morgan fingerprint density at radius 1 is 1.04 bits per heavy atom. The number of amides is 1. The molecule has 4 rings (SSSR count). The number of aryl methyl sites for hydroxylation is 1. The molecule has 0 N–H and O–H groups in total. The molecule has 27 heavy (non-hydrogen) atoms. The van der Waals surface area contributed by atoms with Gasteiger partial charge in [0.1, 0.15) is 5.82 Å². The van der Waals surface area contributed by atoms with Crippen molar-refractivity contribution in [3.05, 3.63) is 76.7 Å². The third-order valence-corrected chi connectivity index (χ3v) is 5.04. The van der Waals surface area contributed by atoms with Gasteiger partial charge in [0.2, 0.25) is 0 Å². The van der Waals surface area contributed by atoms with Crippen molar-refractivity contribution < 1.29 is 4.79 Å². The molecule has 0 radical (unpaired) electrons. The van der Waals surface area contributed by atoms with Crippen molar-refractivity contribution in [2.24, 2.45) is 7.05 Å². The average Bonchev–Trinajstić information content (AvgIpc) is 3.03. The molecule has 0 saturated carbocycles. The summed E-state index contributed by atoms with van der Waals surface area (Å²) in [4.78, 5) is 31.0. The zero-order chi connectivity index (χ0) is 18.8. The number of carbonyl (C=O) groups excluding carboxylic acids is 1. The highest BCUT2D eigenvalue weighted by atomic mass is 16.2. The van der Waals surface area contributed by atoms with Gasteiger partial charge >= 0.3 is 5.69 Å². The molecule has 0 atom stereocenters. The minimum Gasteiger partial charge on any atom is -0.339 e. The summed E-state index contributed by atoms with van der Waals surface area (Å²) in [6.45, 7) is 1.29. The highest BCUT2D eigenvalue weighted by molar-refractivity contribution is 5.94. The number of pyridine rings is 1. The molecule has 1 aliphatic heterocycles. The topological polar surface area (TPSA) is 73.0 Å². The summed E-state index contributed by atoms with van der Waals surface area (Å²) in [5.41, 5.74) is 1.33. The molecule has 7 nitrogen and oxygen atoms in total. The van der Waals surface area contributed by atoms with Crippen LogP contribution in [0.1, 0.15) is 34.9 Å². The first-order chi connectivity index (χ1) is 13.1. The fraction of sp³-hybridized carbons (Fsp3) is 0.300. The number of nitrogens with zero attached hydrogens (tertiary/aromatic N) is 5. The first kappa shape index (κ1) is 17.2. The van der Waals surface area contributed by atoms with Gasteiger partial charge in [-0.15, -0.1) is 0 Å². The van der Waals surface area contributed by atoms with Crippen LogP contribution >= 0.6 is 0 Å². The molecular weight excluding hydrogens is 342 g/mol. The molecule has 1 amide bonds. The third-order valence-electron chi connectivity index (χ3n) is 5.04. The monoisotopic (exact) mass is 363 g/mol. The zero-order valence-electron chi connectivity index (χ0n) is 15.2. The van der Waals surface area contributed by atoms with E-state index >= 15 is 0 Å². The Kier molecular flexibility index (Phi) is 4.58. The van der Waals surface area contributed by atoms with E-state index in [-0.39, 0.29) is 17.5 Å². The van der Waals surface area contributed by atoms with Crippen LogP contribution in [-0.2, 0) is 7.05 Å². The van der Waals surface area contributed by atoms with Crippen LogP contribution in [0.15, 0.2) is 59.7 Å². The number of carbonyl (C=O) groups is 1. The Hall–Kier alpha value is -3.22. The lowest BCUT2D eigenvalue weighted by Gasteiger charge is -2.31. The Morgan fingerprint density at radius 2 is 1.70 bits per heavy atom. The molecule has 1 fully saturated rings. The number of benzene rings is 1. The van der Waals surface area contributed by atoms with Gasteiger partial charge in [-0.1, -0.05) is 18.2 Å². The van der Waals surface area contributed by atoms with Crippen molar-refractivity contribution in [1.82, 2.24) is 24.2 Å². The highest BCUT2D eigenvalue weighted by Gasteiger charge is 2.29. The second-order valence-electron chi connectivity index (χ2n) is 6.74. The van der Waals surface area contributed by atoms with Gasteiger partial charge in [-0.25, -0.2) is 14.0 Å². The van der Waals surface area contributed by atoms with Crippen LogP contribution in [0.25, 0.3) is 5.69 Å². The van der Waals surface area contributed by atoms with Gasteiger partial charge in [0.15, 0.2) is 0 Å². The molecule has 138 valence electrons. The number of para-hydroxylation sites is 1. The molecule has 0 spiro atoms. The van der Waals surface area contributed by atoms with E-state index in [4.69, 9.17) is 0 Å². The second kappa shape index (κ2) is 7.19. The minimum atomic E-state index is -0.147. The van der Waals surface area contributed by atoms with E-state index in [2.05, 4.69) is 10.1 Å². The van der Waals surface area contributed by atoms with Crippen molar-refractivity contribution in [3.8, 4) is 5.69 Å². The number of piperidine rings is 1. The second-order valence-corrected chi connectivity index (χ2v) is 6.74. The van der Waals surface area contributed by atoms with E-state index in [1.807, 2.05) is 35.2 Å². The predicted octanol–water partition coefficient (Wildman–Crippen LogP) is 1.99. The zero-order valence-corrected chi connectivity index (χ0v) is 15.2. The molecule has 1 saturated heterocycles. The molecule has 3 heterocycles. The molecule has 1 aromatic carbocycles. The SMILES string of the molecule is Cn1nc(C2CCN(C(=O)c3ccncc3)CC2)n(-c2ccccc2)c1=O. The third kappa shape index (κ3) is 3.28. The lowest BCUT2D eigenvalue weighted by molar-refractivity contribution is 0.0710. The maximum atomic E-state index is 12.6. The average molecular weight is 363 g/mol. The van der Waals surface area contributed by atoms with E-state index in [9.17, 15) is 9.59 Å². The normalized spacial score (nSPS) is 15.1. The van der Waals surface area contributed by atoms with Crippen molar-refractivity contribution in [1.29, 1.82) is 0 Å². The van der Waals surface area contributed by atoms with Gasteiger partial charge in [0.25, 0.3) is 5.91 Å². The Bertz CT molecular complexity index is 986. The number of aromatic nitrogens is 4. The van der Waals surface area contributed by atoms with Crippen LogP contribution < -0.4 is 5.69 Å². The summed E-state index contributed by atoms with van der Waals surface area (Å²) in [5, 5.41) is 4.49. The first-order valence-corrected chi connectivity index (χ1v) is 9.06. The maximum absolute atomic E-state index is 12.6. The summed E-state index contributed by atoms with van der Waals surface area (Å²) in [6.07, 6.45) is 4.82. The van der Waals surface area contributed by atoms with E-state index in [0.29, 0.717) is 18.7 Å². The fourth-order valence-corrected chi connectivity index (χ4v) is 3.59. The lowest BCUT2D eigenvalue weighted by Crippen LogP contribution is -2.38. The summed E-state index contributed by atoms with van der Waals surface area (Å²) in [7, 11) is 1.67. The van der Waals surface area contributed by atoms with Gasteiger partial charge in [0, 0.05) is 44.0 Å². The van der Waals surface area contributed by atoms with Gasteiger partial charge in [-0.3, -0.25) is 9.78 Å². The standard InChI is InChI=1S/C20H21N5O2/c1-23-20(27)25(17-5-3-2-4-6-17)18(22-23)15-9-13-24(14-10-15)19(26)16-7-11-21-12-8-16/h2-8,11-12,15H,9-10,13-14H2,1H3. The van der Waals surface area contributed by atoms with Crippen molar-refractivity contribution >= 4 is 5.91 Å². The van der Waals surface area contributed by atoms with E-state index in [1.54, 1.807) is 36.1 Å². The Morgan fingerprint density at radius 3 is 2.37 bits per heavy atom. The summed E-state index contributed by atoms with van der Waals surface area (Å²) < 4.78 is 3.07. The van der Waals surface area contributed by atoms with E-state index in [1.165, 1.54) is 4.68 Å². The largest absolute Gasteiger partial charge is 0.350 e. The quantitative estimate of drug-likeness (QED) is 0.713. The van der Waals surface area contributed by atoms with Crippen LogP contribution in [0.2, 0.25) is 0 Å². The minimum absolute atomic E-state index is 0.0253. The lowest BCUT2D eigenvalue weighted by atomic mass is 9.95. The Balaban J connectivity index is 1.55.